The lowest BCUT2D eigenvalue weighted by molar-refractivity contribution is -0.0645. The van der Waals surface area contributed by atoms with Crippen LogP contribution in [0.15, 0.2) is 0 Å². The zero-order valence-electron chi connectivity index (χ0n) is 5.98. The van der Waals surface area contributed by atoms with Crippen LogP contribution >= 0.6 is 11.6 Å². The average molecular weight is 165 g/mol. The van der Waals surface area contributed by atoms with Crippen LogP contribution < -0.4 is 0 Å². The molecule has 0 aromatic heterocycles. The van der Waals surface area contributed by atoms with Gasteiger partial charge in [-0.3, -0.25) is 0 Å². The molecule has 10 heavy (non-hydrogen) atoms. The highest BCUT2D eigenvalue weighted by molar-refractivity contribution is 6.17. The van der Waals surface area contributed by atoms with Crippen LogP contribution in [0, 0.1) is 0 Å². The summed E-state index contributed by atoms with van der Waals surface area (Å²) in [5, 5.41) is 9.71. The highest BCUT2D eigenvalue weighted by atomic mass is 35.5. The fraction of sp³-hybridized carbons (Fsp3) is 1.00. The first-order valence-electron chi connectivity index (χ1n) is 3.63. The Balaban J connectivity index is 2.32. The Hall–Kier alpha value is 0.210. The third kappa shape index (κ3) is 2.11. The van der Waals surface area contributed by atoms with E-state index in [1.807, 2.05) is 0 Å². The van der Waals surface area contributed by atoms with E-state index in [4.69, 9.17) is 16.3 Å². The SMILES string of the molecule is OC1(CCCl)CCOCC1. The molecule has 1 aliphatic rings. The fourth-order valence-electron chi connectivity index (χ4n) is 1.18. The van der Waals surface area contributed by atoms with E-state index in [1.165, 1.54) is 0 Å². The normalized spacial score (nSPS) is 24.6. The Labute approximate surface area is 66.1 Å². The van der Waals surface area contributed by atoms with Gasteiger partial charge in [0, 0.05) is 19.1 Å². The number of halogens is 1. The zero-order chi connectivity index (χ0) is 7.45. The lowest BCUT2D eigenvalue weighted by Crippen LogP contribution is -2.36. The molecular weight excluding hydrogens is 152 g/mol. The van der Waals surface area contributed by atoms with Gasteiger partial charge in [-0.15, -0.1) is 11.6 Å². The summed E-state index contributed by atoms with van der Waals surface area (Å²) in [6, 6.07) is 0. The van der Waals surface area contributed by atoms with Crippen molar-refractivity contribution < 1.29 is 9.84 Å². The fourth-order valence-corrected chi connectivity index (χ4v) is 1.53. The minimum atomic E-state index is -0.528. The predicted octanol–water partition coefficient (Wildman–Crippen LogP) is 1.16. The van der Waals surface area contributed by atoms with Crippen molar-refractivity contribution in [2.45, 2.75) is 24.9 Å². The molecule has 0 atom stereocenters. The summed E-state index contributed by atoms with van der Waals surface area (Å²) in [6.45, 7) is 1.35. The molecule has 1 aliphatic heterocycles. The van der Waals surface area contributed by atoms with Gasteiger partial charge in [0.05, 0.1) is 5.60 Å². The Morgan fingerprint density at radius 1 is 1.40 bits per heavy atom. The third-order valence-electron chi connectivity index (χ3n) is 1.98. The van der Waals surface area contributed by atoms with Crippen LogP contribution in [-0.2, 0) is 4.74 Å². The molecule has 0 spiro atoms. The Morgan fingerprint density at radius 2 is 2.00 bits per heavy atom. The van der Waals surface area contributed by atoms with Crippen LogP contribution in [-0.4, -0.2) is 29.8 Å². The molecule has 1 N–H and O–H groups in total. The van der Waals surface area contributed by atoms with Crippen LogP contribution in [0.4, 0.5) is 0 Å². The number of hydrogen-bond donors (Lipinski definition) is 1. The predicted molar refractivity (Wildman–Crippen MR) is 40.3 cm³/mol. The van der Waals surface area contributed by atoms with Crippen molar-refractivity contribution in [1.82, 2.24) is 0 Å². The first-order valence-corrected chi connectivity index (χ1v) is 4.16. The summed E-state index contributed by atoms with van der Waals surface area (Å²) in [4.78, 5) is 0. The Bertz CT molecular complexity index is 94.3. The van der Waals surface area contributed by atoms with Crippen molar-refractivity contribution in [2.24, 2.45) is 0 Å². The molecule has 0 aromatic carbocycles. The topological polar surface area (TPSA) is 29.5 Å². The maximum Gasteiger partial charge on any atom is 0.0703 e. The first-order chi connectivity index (χ1) is 4.77. The summed E-state index contributed by atoms with van der Waals surface area (Å²) in [7, 11) is 0. The smallest absolute Gasteiger partial charge is 0.0703 e. The molecule has 1 heterocycles. The van der Waals surface area contributed by atoms with E-state index in [0.29, 0.717) is 25.5 Å². The van der Waals surface area contributed by atoms with Gasteiger partial charge in [-0.1, -0.05) is 0 Å². The molecule has 60 valence electrons. The molecule has 3 heteroatoms. The third-order valence-corrected chi connectivity index (χ3v) is 2.17. The number of alkyl halides is 1. The van der Waals surface area contributed by atoms with E-state index in [1.54, 1.807) is 0 Å². The van der Waals surface area contributed by atoms with Crippen LogP contribution in [0.3, 0.4) is 0 Å². The van der Waals surface area contributed by atoms with E-state index in [2.05, 4.69) is 0 Å². The van der Waals surface area contributed by atoms with Crippen molar-refractivity contribution in [3.8, 4) is 0 Å². The van der Waals surface area contributed by atoms with Crippen LogP contribution in [0.1, 0.15) is 19.3 Å². The van der Waals surface area contributed by atoms with Crippen LogP contribution in [0.25, 0.3) is 0 Å². The summed E-state index contributed by atoms with van der Waals surface area (Å²) >= 11 is 5.52. The van der Waals surface area contributed by atoms with Crippen LogP contribution in [0.2, 0.25) is 0 Å². The lowest BCUT2D eigenvalue weighted by Gasteiger charge is -2.31. The van der Waals surface area contributed by atoms with Crippen molar-refractivity contribution >= 4 is 11.6 Å². The van der Waals surface area contributed by atoms with Crippen LogP contribution in [0.5, 0.6) is 0 Å². The highest BCUT2D eigenvalue weighted by Crippen LogP contribution is 2.24. The number of hydrogen-bond acceptors (Lipinski definition) is 2. The number of aliphatic hydroxyl groups is 1. The lowest BCUT2D eigenvalue weighted by atomic mass is 9.92. The molecule has 0 saturated carbocycles. The average Bonchev–Trinajstić information content (AvgIpc) is 1.89. The molecular formula is C7H13ClO2. The zero-order valence-corrected chi connectivity index (χ0v) is 6.73. The van der Waals surface area contributed by atoms with E-state index in [-0.39, 0.29) is 0 Å². The van der Waals surface area contributed by atoms with Gasteiger partial charge in [-0.25, -0.2) is 0 Å². The first kappa shape index (κ1) is 8.31. The van der Waals surface area contributed by atoms with Gasteiger partial charge < -0.3 is 9.84 Å². The summed E-state index contributed by atoms with van der Waals surface area (Å²) in [5.74, 6) is 0.538. The van der Waals surface area contributed by atoms with Crippen molar-refractivity contribution in [2.75, 3.05) is 19.1 Å². The van der Waals surface area contributed by atoms with Crippen molar-refractivity contribution in [3.63, 3.8) is 0 Å². The molecule has 1 saturated heterocycles. The highest BCUT2D eigenvalue weighted by Gasteiger charge is 2.28. The van der Waals surface area contributed by atoms with E-state index >= 15 is 0 Å². The maximum absolute atomic E-state index is 9.71. The second-order valence-corrected chi connectivity index (χ2v) is 3.15. The molecule has 0 aromatic rings. The second kappa shape index (κ2) is 3.56. The monoisotopic (exact) mass is 164 g/mol. The summed E-state index contributed by atoms with van der Waals surface area (Å²) < 4.78 is 5.11. The number of rotatable bonds is 2. The van der Waals surface area contributed by atoms with Crippen molar-refractivity contribution in [3.05, 3.63) is 0 Å². The molecule has 1 rings (SSSR count). The minimum Gasteiger partial charge on any atom is -0.390 e. The van der Waals surface area contributed by atoms with Gasteiger partial charge >= 0.3 is 0 Å². The van der Waals surface area contributed by atoms with E-state index < -0.39 is 5.60 Å². The molecule has 0 unspecified atom stereocenters. The maximum atomic E-state index is 9.71. The van der Waals surface area contributed by atoms with Gasteiger partial charge in [0.15, 0.2) is 0 Å². The molecule has 1 fully saturated rings. The quantitative estimate of drug-likeness (QED) is 0.621. The second-order valence-electron chi connectivity index (χ2n) is 2.78. The molecule has 0 amide bonds. The standard InChI is InChI=1S/C7H13ClO2/c8-4-1-7(9)2-5-10-6-3-7/h9H,1-6H2. The summed E-state index contributed by atoms with van der Waals surface area (Å²) in [6.07, 6.45) is 2.16. The van der Waals surface area contributed by atoms with E-state index in [0.717, 1.165) is 12.8 Å². The van der Waals surface area contributed by atoms with Gasteiger partial charge in [-0.2, -0.15) is 0 Å². The Morgan fingerprint density at radius 3 is 2.50 bits per heavy atom. The van der Waals surface area contributed by atoms with Gasteiger partial charge in [0.2, 0.25) is 0 Å². The molecule has 0 bridgehead atoms. The Kier molecular flexibility index (Phi) is 2.96. The number of ether oxygens (including phenoxy) is 1. The molecule has 0 aliphatic carbocycles. The molecule has 0 radical (unpaired) electrons. The minimum absolute atomic E-state index is 0.528. The van der Waals surface area contributed by atoms with Gasteiger partial charge in [0.1, 0.15) is 0 Å². The largest absolute Gasteiger partial charge is 0.390 e. The van der Waals surface area contributed by atoms with Gasteiger partial charge in [0.25, 0.3) is 0 Å². The molecule has 2 nitrogen and oxygen atoms in total. The van der Waals surface area contributed by atoms with Gasteiger partial charge in [-0.05, 0) is 19.3 Å². The van der Waals surface area contributed by atoms with E-state index in [9.17, 15) is 5.11 Å². The summed E-state index contributed by atoms with van der Waals surface area (Å²) in [5.41, 5.74) is -0.528. The van der Waals surface area contributed by atoms with Crippen molar-refractivity contribution in [1.29, 1.82) is 0 Å².